The van der Waals surface area contributed by atoms with Crippen molar-refractivity contribution >= 4 is 24.2 Å². The van der Waals surface area contributed by atoms with Gasteiger partial charge < -0.3 is 16.0 Å². The van der Waals surface area contributed by atoms with E-state index in [9.17, 15) is 9.59 Å². The smallest absolute Gasteiger partial charge is 0.224 e. The molecule has 0 aromatic rings. The summed E-state index contributed by atoms with van der Waals surface area (Å²) in [5, 5.41) is 2.88. The first kappa shape index (κ1) is 15.2. The number of amides is 2. The molecule has 104 valence electrons. The van der Waals surface area contributed by atoms with Gasteiger partial charge in [0.05, 0.1) is 0 Å². The lowest BCUT2D eigenvalue weighted by Crippen LogP contribution is -2.48. The number of nitrogens with one attached hydrogen (secondary N) is 1. The second-order valence-corrected chi connectivity index (χ2v) is 5.55. The third-order valence-corrected chi connectivity index (χ3v) is 3.71. The molecule has 2 unspecified atom stereocenters. The molecule has 2 rings (SSSR count). The number of carbonyl (C=O) groups excluding carboxylic acids is 2. The van der Waals surface area contributed by atoms with Crippen molar-refractivity contribution in [3.63, 3.8) is 0 Å². The van der Waals surface area contributed by atoms with Crippen molar-refractivity contribution in [3.8, 4) is 0 Å². The van der Waals surface area contributed by atoms with E-state index in [0.717, 1.165) is 19.4 Å². The fourth-order valence-electron chi connectivity index (χ4n) is 2.87. The number of hydrogen-bond donors (Lipinski definition) is 2. The van der Waals surface area contributed by atoms with Crippen molar-refractivity contribution in [2.24, 2.45) is 11.1 Å². The van der Waals surface area contributed by atoms with Crippen LogP contribution in [0.4, 0.5) is 0 Å². The molecular weight excluding hydrogens is 254 g/mol. The van der Waals surface area contributed by atoms with Crippen molar-refractivity contribution in [2.75, 3.05) is 19.6 Å². The van der Waals surface area contributed by atoms with Gasteiger partial charge in [-0.2, -0.15) is 0 Å². The number of hydrogen-bond acceptors (Lipinski definition) is 3. The van der Waals surface area contributed by atoms with Gasteiger partial charge >= 0.3 is 0 Å². The van der Waals surface area contributed by atoms with E-state index in [1.165, 1.54) is 0 Å². The molecule has 2 amide bonds. The van der Waals surface area contributed by atoms with Crippen LogP contribution in [0.15, 0.2) is 0 Å². The van der Waals surface area contributed by atoms with Gasteiger partial charge in [-0.1, -0.05) is 0 Å². The number of rotatable bonds is 2. The van der Waals surface area contributed by atoms with Crippen LogP contribution in [0.2, 0.25) is 0 Å². The maximum atomic E-state index is 12.0. The highest BCUT2D eigenvalue weighted by atomic mass is 35.5. The average Bonchev–Trinajstić information content (AvgIpc) is 2.59. The van der Waals surface area contributed by atoms with Gasteiger partial charge in [0.2, 0.25) is 11.8 Å². The Balaban J connectivity index is 0.00000162. The van der Waals surface area contributed by atoms with Crippen LogP contribution in [-0.4, -0.2) is 42.4 Å². The molecule has 3 N–H and O–H groups in total. The second-order valence-electron chi connectivity index (χ2n) is 5.55. The number of piperidine rings is 1. The predicted octanol–water partition coefficient (Wildman–Crippen LogP) is 0.274. The number of halogens is 1. The first-order chi connectivity index (χ1) is 8.01. The Labute approximate surface area is 114 Å². The number of nitrogens with zero attached hydrogens (tertiary/aromatic N) is 1. The largest absolute Gasteiger partial charge is 0.355 e. The van der Waals surface area contributed by atoms with E-state index in [1.807, 2.05) is 11.8 Å². The van der Waals surface area contributed by atoms with Gasteiger partial charge in [0.15, 0.2) is 0 Å². The minimum Gasteiger partial charge on any atom is -0.355 e. The minimum absolute atomic E-state index is 0. The molecule has 0 aromatic heterocycles. The standard InChI is InChI=1S/C12H21N3O2.ClH/c1-9(13)5-11(17)15-4-2-3-12(8-15)6-10(16)14-7-12;/h9H,2-8,13H2,1H3,(H,14,16);1H. The summed E-state index contributed by atoms with van der Waals surface area (Å²) in [5.74, 6) is 0.241. The molecule has 2 heterocycles. The van der Waals surface area contributed by atoms with Crippen LogP contribution in [0.25, 0.3) is 0 Å². The van der Waals surface area contributed by atoms with Gasteiger partial charge in [-0.25, -0.2) is 0 Å². The van der Waals surface area contributed by atoms with Gasteiger partial charge in [-0.3, -0.25) is 9.59 Å². The Morgan fingerprint density at radius 3 is 2.89 bits per heavy atom. The number of nitrogens with two attached hydrogens (primary N) is 1. The predicted molar refractivity (Wildman–Crippen MR) is 71.4 cm³/mol. The monoisotopic (exact) mass is 275 g/mol. The normalized spacial score (nSPS) is 28.8. The summed E-state index contributed by atoms with van der Waals surface area (Å²) in [6, 6.07) is -0.0938. The third kappa shape index (κ3) is 3.36. The molecule has 2 saturated heterocycles. The molecule has 0 radical (unpaired) electrons. The molecule has 0 saturated carbocycles. The molecule has 6 heteroatoms. The van der Waals surface area contributed by atoms with E-state index in [4.69, 9.17) is 5.73 Å². The van der Waals surface area contributed by atoms with Gasteiger partial charge in [0.1, 0.15) is 0 Å². The fraction of sp³-hybridized carbons (Fsp3) is 0.833. The maximum absolute atomic E-state index is 12.0. The summed E-state index contributed by atoms with van der Waals surface area (Å²) in [7, 11) is 0. The molecule has 2 aliphatic rings. The van der Waals surface area contributed by atoms with Crippen LogP contribution in [0, 0.1) is 5.41 Å². The van der Waals surface area contributed by atoms with E-state index in [1.54, 1.807) is 0 Å². The zero-order valence-electron chi connectivity index (χ0n) is 10.8. The van der Waals surface area contributed by atoms with Crippen molar-refractivity contribution in [2.45, 2.75) is 38.6 Å². The van der Waals surface area contributed by atoms with Crippen LogP contribution < -0.4 is 11.1 Å². The van der Waals surface area contributed by atoms with Crippen molar-refractivity contribution in [1.82, 2.24) is 10.2 Å². The molecule has 5 nitrogen and oxygen atoms in total. The maximum Gasteiger partial charge on any atom is 0.224 e. The summed E-state index contributed by atoms with van der Waals surface area (Å²) >= 11 is 0. The summed E-state index contributed by atoms with van der Waals surface area (Å²) < 4.78 is 0. The van der Waals surface area contributed by atoms with Crippen LogP contribution in [0.3, 0.4) is 0 Å². The van der Waals surface area contributed by atoms with E-state index < -0.39 is 0 Å². The summed E-state index contributed by atoms with van der Waals surface area (Å²) in [4.78, 5) is 25.2. The highest BCUT2D eigenvalue weighted by Crippen LogP contribution is 2.36. The minimum atomic E-state index is -0.0938. The van der Waals surface area contributed by atoms with Crippen molar-refractivity contribution < 1.29 is 9.59 Å². The van der Waals surface area contributed by atoms with Crippen molar-refractivity contribution in [1.29, 1.82) is 0 Å². The van der Waals surface area contributed by atoms with Crippen LogP contribution in [-0.2, 0) is 9.59 Å². The third-order valence-electron chi connectivity index (χ3n) is 3.71. The lowest BCUT2D eigenvalue weighted by molar-refractivity contribution is -0.135. The van der Waals surface area contributed by atoms with E-state index in [-0.39, 0.29) is 35.7 Å². The first-order valence-electron chi connectivity index (χ1n) is 6.31. The zero-order valence-corrected chi connectivity index (χ0v) is 11.6. The topological polar surface area (TPSA) is 75.4 Å². The number of likely N-dealkylation sites (tertiary alicyclic amines) is 1. The molecule has 0 bridgehead atoms. The molecule has 1 spiro atoms. The van der Waals surface area contributed by atoms with Crippen LogP contribution >= 0.6 is 12.4 Å². The summed E-state index contributed by atoms with van der Waals surface area (Å²) in [6.07, 6.45) is 2.99. The van der Waals surface area contributed by atoms with E-state index in [0.29, 0.717) is 25.9 Å². The van der Waals surface area contributed by atoms with Crippen LogP contribution in [0.5, 0.6) is 0 Å². The number of carbonyl (C=O) groups is 2. The average molecular weight is 276 g/mol. The van der Waals surface area contributed by atoms with E-state index >= 15 is 0 Å². The molecule has 2 atom stereocenters. The molecule has 18 heavy (non-hydrogen) atoms. The molecule has 0 aliphatic carbocycles. The molecule has 2 aliphatic heterocycles. The molecule has 0 aromatic carbocycles. The lowest BCUT2D eigenvalue weighted by Gasteiger charge is -2.39. The Hall–Kier alpha value is -0.810. The second kappa shape index (κ2) is 5.89. The van der Waals surface area contributed by atoms with Gasteiger partial charge in [0, 0.05) is 43.9 Å². The SMILES string of the molecule is CC(N)CC(=O)N1CCCC2(CNC(=O)C2)C1.Cl. The lowest BCUT2D eigenvalue weighted by atomic mass is 9.79. The fourth-order valence-corrected chi connectivity index (χ4v) is 2.87. The van der Waals surface area contributed by atoms with Gasteiger partial charge in [-0.15, -0.1) is 12.4 Å². The highest BCUT2D eigenvalue weighted by Gasteiger charge is 2.42. The molecular formula is C12H22ClN3O2. The van der Waals surface area contributed by atoms with E-state index in [2.05, 4.69) is 5.32 Å². The van der Waals surface area contributed by atoms with Crippen LogP contribution in [0.1, 0.15) is 32.6 Å². The summed E-state index contributed by atoms with van der Waals surface area (Å²) in [6.45, 7) is 4.07. The van der Waals surface area contributed by atoms with Gasteiger partial charge in [0.25, 0.3) is 0 Å². The Morgan fingerprint density at radius 2 is 2.33 bits per heavy atom. The highest BCUT2D eigenvalue weighted by molar-refractivity contribution is 5.85. The Bertz CT molecular complexity index is 335. The zero-order chi connectivity index (χ0) is 12.5. The quantitative estimate of drug-likeness (QED) is 0.760. The van der Waals surface area contributed by atoms with Crippen molar-refractivity contribution in [3.05, 3.63) is 0 Å². The summed E-state index contributed by atoms with van der Waals surface area (Å²) in [5.41, 5.74) is 5.64. The van der Waals surface area contributed by atoms with Gasteiger partial charge in [-0.05, 0) is 19.8 Å². The first-order valence-corrected chi connectivity index (χ1v) is 6.31. The Kier molecular flexibility index (Phi) is 4.99. The molecule has 2 fully saturated rings. The Morgan fingerprint density at radius 1 is 1.61 bits per heavy atom.